The molecule has 170 valence electrons. The molecule has 0 amide bonds. The molecule has 1 fully saturated rings. The number of rotatable bonds is 3. The van der Waals surface area contributed by atoms with Crippen molar-refractivity contribution in [1.82, 2.24) is 10.2 Å². The Balaban J connectivity index is 1.34. The highest BCUT2D eigenvalue weighted by molar-refractivity contribution is 5.77. The Bertz CT molecular complexity index is 1120. The van der Waals surface area contributed by atoms with Crippen LogP contribution in [0.5, 0.6) is 0 Å². The first kappa shape index (κ1) is 20.6. The maximum absolute atomic E-state index is 15.0. The van der Waals surface area contributed by atoms with Gasteiger partial charge in [0, 0.05) is 25.6 Å². The van der Waals surface area contributed by atoms with Crippen molar-refractivity contribution in [2.45, 2.75) is 36.5 Å². The number of amidine groups is 1. The number of hydrogen-bond donors (Lipinski definition) is 1. The standard InChI is InChI=1S/C27H27F2N3O/c28-22-9-6-19(7-10-22)25-23-11-8-20(18-4-2-1-3-5-18)14-21(23)12-13-32(25)26-31-24(15-33-26)27(29)16-30-17-27/h1-11,20,24-25,30H,12-17H2/t20?,24-,25+/m1/s1. The molecule has 33 heavy (non-hydrogen) atoms. The second kappa shape index (κ2) is 8.10. The first-order valence-electron chi connectivity index (χ1n) is 11.7. The number of halogens is 2. The van der Waals surface area contributed by atoms with Crippen LogP contribution < -0.4 is 5.32 Å². The van der Waals surface area contributed by atoms with Crippen LogP contribution in [-0.2, 0) is 4.74 Å². The van der Waals surface area contributed by atoms with Crippen LogP contribution in [0.2, 0.25) is 0 Å². The molecule has 2 aromatic rings. The summed E-state index contributed by atoms with van der Waals surface area (Å²) < 4.78 is 34.6. The van der Waals surface area contributed by atoms with Gasteiger partial charge >= 0.3 is 0 Å². The van der Waals surface area contributed by atoms with Crippen LogP contribution in [0, 0.1) is 5.82 Å². The topological polar surface area (TPSA) is 36.9 Å². The smallest absolute Gasteiger partial charge is 0.288 e. The van der Waals surface area contributed by atoms with Gasteiger partial charge in [-0.3, -0.25) is 0 Å². The van der Waals surface area contributed by atoms with Gasteiger partial charge in [-0.25, -0.2) is 13.8 Å². The fraction of sp³-hybridized carbons (Fsp3) is 0.370. The van der Waals surface area contributed by atoms with Crippen LogP contribution in [0.4, 0.5) is 8.78 Å². The van der Waals surface area contributed by atoms with E-state index in [1.165, 1.54) is 28.8 Å². The quantitative estimate of drug-likeness (QED) is 0.743. The zero-order valence-electron chi connectivity index (χ0n) is 18.4. The highest BCUT2D eigenvalue weighted by atomic mass is 19.1. The molecular formula is C27H27F2N3O. The van der Waals surface area contributed by atoms with Gasteiger partial charge in [0.25, 0.3) is 6.02 Å². The third-order valence-electron chi connectivity index (χ3n) is 7.37. The molecule has 3 aliphatic heterocycles. The number of benzene rings is 2. The number of aliphatic imine (C=N–C) groups is 1. The van der Waals surface area contributed by atoms with Crippen molar-refractivity contribution in [3.63, 3.8) is 0 Å². The van der Waals surface area contributed by atoms with E-state index in [2.05, 4.69) is 51.6 Å². The second-order valence-electron chi connectivity index (χ2n) is 9.41. The molecule has 1 N–H and O–H groups in total. The summed E-state index contributed by atoms with van der Waals surface area (Å²) in [5.41, 5.74) is 3.60. The molecule has 4 nitrogen and oxygen atoms in total. The first-order chi connectivity index (χ1) is 16.1. The molecule has 0 radical (unpaired) electrons. The predicted octanol–water partition coefficient (Wildman–Crippen LogP) is 4.68. The molecule has 0 spiro atoms. The van der Waals surface area contributed by atoms with Gasteiger partial charge in [0.05, 0.1) is 6.04 Å². The van der Waals surface area contributed by atoms with Crippen molar-refractivity contribution >= 4 is 6.02 Å². The zero-order chi connectivity index (χ0) is 22.4. The SMILES string of the molecule is Fc1ccc([C@H]2C3=C(CCN2C2=N[C@@H](C4(F)CNC4)CO2)CC(c2ccccc2)C=C3)cc1. The predicted molar refractivity (Wildman–Crippen MR) is 124 cm³/mol. The van der Waals surface area contributed by atoms with E-state index in [4.69, 9.17) is 4.74 Å². The molecule has 6 rings (SSSR count). The molecular weight excluding hydrogens is 420 g/mol. The van der Waals surface area contributed by atoms with Crippen LogP contribution in [0.3, 0.4) is 0 Å². The molecule has 0 saturated carbocycles. The van der Waals surface area contributed by atoms with Crippen LogP contribution in [0.1, 0.15) is 35.9 Å². The van der Waals surface area contributed by atoms with E-state index >= 15 is 0 Å². The number of nitrogens with zero attached hydrogens (tertiary/aromatic N) is 2. The molecule has 1 unspecified atom stereocenters. The van der Waals surface area contributed by atoms with E-state index in [0.29, 0.717) is 25.0 Å². The number of nitrogens with one attached hydrogen (secondary N) is 1. The van der Waals surface area contributed by atoms with Gasteiger partial charge in [-0.1, -0.05) is 60.2 Å². The number of alkyl halides is 1. The van der Waals surface area contributed by atoms with E-state index < -0.39 is 11.7 Å². The van der Waals surface area contributed by atoms with Crippen molar-refractivity contribution in [2.24, 2.45) is 4.99 Å². The molecule has 3 heterocycles. The minimum absolute atomic E-state index is 0.130. The molecule has 6 heteroatoms. The average molecular weight is 448 g/mol. The summed E-state index contributed by atoms with van der Waals surface area (Å²) in [5.74, 6) is 0.0948. The van der Waals surface area contributed by atoms with E-state index in [0.717, 1.165) is 24.9 Å². The lowest BCUT2D eigenvalue weighted by molar-refractivity contribution is 0.0498. The lowest BCUT2D eigenvalue weighted by atomic mass is 9.78. The van der Waals surface area contributed by atoms with Gasteiger partial charge in [-0.15, -0.1) is 0 Å². The Hall–Kier alpha value is -2.99. The normalized spacial score (nSPS) is 28.1. The summed E-state index contributed by atoms with van der Waals surface area (Å²) >= 11 is 0. The lowest BCUT2D eigenvalue weighted by Gasteiger charge is -2.41. The van der Waals surface area contributed by atoms with Gasteiger partial charge in [0.2, 0.25) is 0 Å². The number of hydrogen-bond acceptors (Lipinski definition) is 4. The Morgan fingerprint density at radius 3 is 2.55 bits per heavy atom. The fourth-order valence-electron chi connectivity index (χ4n) is 5.40. The van der Waals surface area contributed by atoms with Crippen molar-refractivity contribution in [2.75, 3.05) is 26.2 Å². The monoisotopic (exact) mass is 447 g/mol. The molecule has 1 aliphatic carbocycles. The van der Waals surface area contributed by atoms with Gasteiger partial charge in [-0.05, 0) is 41.7 Å². The molecule has 3 atom stereocenters. The molecule has 2 aromatic carbocycles. The number of allylic oxidation sites excluding steroid dienone is 1. The van der Waals surface area contributed by atoms with Gasteiger partial charge in [-0.2, -0.15) is 0 Å². The largest absolute Gasteiger partial charge is 0.463 e. The highest BCUT2D eigenvalue weighted by Crippen LogP contribution is 2.44. The second-order valence-corrected chi connectivity index (χ2v) is 9.41. The van der Waals surface area contributed by atoms with Crippen LogP contribution >= 0.6 is 0 Å². The van der Waals surface area contributed by atoms with Crippen molar-refractivity contribution in [3.8, 4) is 0 Å². The summed E-state index contributed by atoms with van der Waals surface area (Å²) in [5, 5.41) is 3.00. The molecule has 0 bridgehead atoms. The van der Waals surface area contributed by atoms with E-state index in [1.807, 2.05) is 18.2 Å². The summed E-state index contributed by atoms with van der Waals surface area (Å²) in [6, 6.07) is 17.1. The third-order valence-corrected chi connectivity index (χ3v) is 7.37. The Morgan fingerprint density at radius 2 is 1.82 bits per heavy atom. The Kier molecular flexibility index (Phi) is 5.06. The number of ether oxygens (including phenoxy) is 1. The van der Waals surface area contributed by atoms with Crippen LogP contribution in [0.15, 0.2) is 82.9 Å². The lowest BCUT2D eigenvalue weighted by Crippen LogP contribution is -2.62. The Labute approximate surface area is 192 Å². The maximum atomic E-state index is 15.0. The van der Waals surface area contributed by atoms with Crippen molar-refractivity contribution in [1.29, 1.82) is 0 Å². The van der Waals surface area contributed by atoms with Gasteiger partial charge in [0.1, 0.15) is 18.5 Å². The summed E-state index contributed by atoms with van der Waals surface area (Å²) in [6.45, 7) is 1.63. The summed E-state index contributed by atoms with van der Waals surface area (Å²) in [7, 11) is 0. The van der Waals surface area contributed by atoms with E-state index in [-0.39, 0.29) is 18.5 Å². The minimum Gasteiger partial charge on any atom is -0.463 e. The third kappa shape index (κ3) is 3.66. The molecule has 0 aromatic heterocycles. The fourth-order valence-corrected chi connectivity index (χ4v) is 5.40. The van der Waals surface area contributed by atoms with Crippen LogP contribution in [0.25, 0.3) is 0 Å². The average Bonchev–Trinajstić information content (AvgIpc) is 3.33. The highest BCUT2D eigenvalue weighted by Gasteiger charge is 2.49. The first-order valence-corrected chi connectivity index (χ1v) is 11.7. The van der Waals surface area contributed by atoms with E-state index in [9.17, 15) is 8.78 Å². The maximum Gasteiger partial charge on any atom is 0.288 e. The van der Waals surface area contributed by atoms with Crippen LogP contribution in [-0.4, -0.2) is 48.9 Å². The minimum atomic E-state index is -1.33. The van der Waals surface area contributed by atoms with Gasteiger partial charge < -0.3 is 15.0 Å². The summed E-state index contributed by atoms with van der Waals surface area (Å²) in [4.78, 5) is 6.82. The van der Waals surface area contributed by atoms with E-state index in [1.54, 1.807) is 0 Å². The Morgan fingerprint density at radius 1 is 1.03 bits per heavy atom. The molecule has 4 aliphatic rings. The molecule has 1 saturated heterocycles. The zero-order valence-corrected chi connectivity index (χ0v) is 18.4. The summed E-state index contributed by atoms with van der Waals surface area (Å²) in [6.07, 6.45) is 6.35. The van der Waals surface area contributed by atoms with Crippen molar-refractivity contribution in [3.05, 3.63) is 94.8 Å². The van der Waals surface area contributed by atoms with Crippen molar-refractivity contribution < 1.29 is 13.5 Å². The van der Waals surface area contributed by atoms with Gasteiger partial charge in [0.15, 0.2) is 5.67 Å².